The molecular weight excluding hydrogens is 488 g/mol. The van der Waals surface area contributed by atoms with E-state index >= 15 is 0 Å². The van der Waals surface area contributed by atoms with Crippen molar-refractivity contribution in [2.24, 2.45) is 0 Å². The van der Waals surface area contributed by atoms with E-state index in [-0.39, 0.29) is 11.3 Å². The first-order chi connectivity index (χ1) is 17.8. The summed E-state index contributed by atoms with van der Waals surface area (Å²) < 4.78 is 11.4. The second kappa shape index (κ2) is 9.71. The number of amides is 1. The maximum absolute atomic E-state index is 13.5. The van der Waals surface area contributed by atoms with Crippen LogP contribution in [0.25, 0.3) is 16.0 Å². The lowest BCUT2D eigenvalue weighted by atomic mass is 9.93. The summed E-state index contributed by atoms with van der Waals surface area (Å²) in [5.74, 6) is -0.264. The molecule has 0 radical (unpaired) electrons. The van der Waals surface area contributed by atoms with Crippen molar-refractivity contribution in [1.82, 2.24) is 4.98 Å². The minimum absolute atomic E-state index is 0.00684. The smallest absolute Gasteiger partial charge is 0.301 e. The molecule has 1 aromatic heterocycles. The molecule has 1 fully saturated rings. The van der Waals surface area contributed by atoms with Crippen molar-refractivity contribution in [3.8, 4) is 11.5 Å². The number of carbonyl (C=O) groups is 2. The molecule has 8 heteroatoms. The Morgan fingerprint density at radius 3 is 2.35 bits per heavy atom. The van der Waals surface area contributed by atoms with Gasteiger partial charge in [0.05, 0.1) is 36.1 Å². The molecule has 5 rings (SSSR count). The van der Waals surface area contributed by atoms with Gasteiger partial charge in [-0.15, -0.1) is 0 Å². The summed E-state index contributed by atoms with van der Waals surface area (Å²) in [7, 11) is 3.11. The van der Waals surface area contributed by atoms with Crippen LogP contribution in [0.15, 0.2) is 72.3 Å². The SMILES string of the molecule is COc1cccc(/C(O)=C2\C(=O)C(=O)N(c3nc4ccc(OC)cc4s3)C2c2ccc(C(C)C)cc2)c1. The van der Waals surface area contributed by atoms with Gasteiger partial charge in [-0.1, -0.05) is 61.6 Å². The first kappa shape index (κ1) is 24.5. The Morgan fingerprint density at radius 1 is 0.973 bits per heavy atom. The number of aliphatic hydroxyl groups is 1. The molecule has 0 spiro atoms. The summed E-state index contributed by atoms with van der Waals surface area (Å²) in [5, 5.41) is 11.7. The number of rotatable bonds is 6. The largest absolute Gasteiger partial charge is 0.507 e. The van der Waals surface area contributed by atoms with E-state index in [1.165, 1.54) is 23.3 Å². The number of aliphatic hydroxyl groups excluding tert-OH is 1. The number of nitrogens with zero attached hydrogens (tertiary/aromatic N) is 2. The van der Waals surface area contributed by atoms with Crippen molar-refractivity contribution in [2.45, 2.75) is 25.8 Å². The van der Waals surface area contributed by atoms with Crippen LogP contribution in [0.2, 0.25) is 0 Å². The van der Waals surface area contributed by atoms with Gasteiger partial charge in [0.25, 0.3) is 5.78 Å². The zero-order valence-corrected chi connectivity index (χ0v) is 21.7. The van der Waals surface area contributed by atoms with E-state index in [2.05, 4.69) is 18.8 Å². The van der Waals surface area contributed by atoms with Crippen LogP contribution in [-0.4, -0.2) is 36.0 Å². The number of anilines is 1. The number of benzene rings is 3. The van der Waals surface area contributed by atoms with Crippen LogP contribution in [0.3, 0.4) is 0 Å². The Hall–Kier alpha value is -4.17. The molecule has 7 nitrogen and oxygen atoms in total. The third kappa shape index (κ3) is 4.34. The molecule has 1 aliphatic rings. The molecule has 0 aliphatic carbocycles. The average Bonchev–Trinajstić information content (AvgIpc) is 3.45. The molecule has 0 bridgehead atoms. The minimum Gasteiger partial charge on any atom is -0.507 e. The van der Waals surface area contributed by atoms with Gasteiger partial charge >= 0.3 is 5.91 Å². The molecule has 1 N–H and O–H groups in total. The molecule has 1 atom stereocenters. The molecule has 2 heterocycles. The quantitative estimate of drug-likeness (QED) is 0.191. The lowest BCUT2D eigenvalue weighted by Crippen LogP contribution is -2.29. The van der Waals surface area contributed by atoms with E-state index < -0.39 is 17.7 Å². The van der Waals surface area contributed by atoms with Gasteiger partial charge in [0.15, 0.2) is 5.13 Å². The highest BCUT2D eigenvalue weighted by atomic mass is 32.1. The summed E-state index contributed by atoms with van der Waals surface area (Å²) >= 11 is 1.29. The standard InChI is InChI=1S/C29H26N2O5S/c1-16(2)17-8-10-18(11-9-17)25-24(26(32)19-6-5-7-20(14-19)35-3)27(33)28(34)31(25)29-30-22-13-12-21(36-4)15-23(22)37-29/h5-16,25,32H,1-4H3/b26-24+. The fourth-order valence-electron chi connectivity index (χ4n) is 4.46. The van der Waals surface area contributed by atoms with E-state index in [0.29, 0.717) is 39.2 Å². The van der Waals surface area contributed by atoms with E-state index in [0.717, 1.165) is 10.3 Å². The van der Waals surface area contributed by atoms with Crippen molar-refractivity contribution < 1.29 is 24.2 Å². The van der Waals surface area contributed by atoms with Gasteiger partial charge in [0.2, 0.25) is 0 Å². The summed E-state index contributed by atoms with van der Waals surface area (Å²) in [5.41, 5.74) is 2.90. The summed E-state index contributed by atoms with van der Waals surface area (Å²) in [6, 6.07) is 19.1. The average molecular weight is 515 g/mol. The van der Waals surface area contributed by atoms with Gasteiger partial charge in [-0.25, -0.2) is 4.98 Å². The van der Waals surface area contributed by atoms with Gasteiger partial charge in [0.1, 0.15) is 17.3 Å². The third-order valence-electron chi connectivity index (χ3n) is 6.50. The van der Waals surface area contributed by atoms with Crippen LogP contribution in [-0.2, 0) is 9.59 Å². The monoisotopic (exact) mass is 514 g/mol. The minimum atomic E-state index is -0.852. The molecule has 1 unspecified atom stereocenters. The highest BCUT2D eigenvalue weighted by molar-refractivity contribution is 7.22. The molecule has 0 saturated carbocycles. The third-order valence-corrected chi connectivity index (χ3v) is 7.51. The zero-order valence-electron chi connectivity index (χ0n) is 20.9. The van der Waals surface area contributed by atoms with Gasteiger partial charge in [-0.2, -0.15) is 0 Å². The Bertz CT molecular complexity index is 1540. The maximum atomic E-state index is 13.5. The number of methoxy groups -OCH3 is 2. The highest BCUT2D eigenvalue weighted by Gasteiger charge is 2.48. The Labute approximate surface area is 218 Å². The molecule has 188 valence electrons. The van der Waals surface area contributed by atoms with E-state index in [1.54, 1.807) is 37.4 Å². The number of ether oxygens (including phenoxy) is 2. The number of aromatic nitrogens is 1. The number of hydrogen-bond acceptors (Lipinski definition) is 7. The van der Waals surface area contributed by atoms with Crippen LogP contribution < -0.4 is 14.4 Å². The van der Waals surface area contributed by atoms with E-state index in [4.69, 9.17) is 9.47 Å². The fourth-order valence-corrected chi connectivity index (χ4v) is 5.48. The lowest BCUT2D eigenvalue weighted by molar-refractivity contribution is -0.132. The predicted octanol–water partition coefficient (Wildman–Crippen LogP) is 6.06. The second-order valence-corrected chi connectivity index (χ2v) is 10.1. The zero-order chi connectivity index (χ0) is 26.3. The second-order valence-electron chi connectivity index (χ2n) is 9.05. The van der Waals surface area contributed by atoms with Gasteiger partial charge in [0, 0.05) is 5.56 Å². The Balaban J connectivity index is 1.71. The van der Waals surface area contributed by atoms with Crippen LogP contribution in [0.4, 0.5) is 5.13 Å². The van der Waals surface area contributed by atoms with Crippen molar-refractivity contribution in [2.75, 3.05) is 19.1 Å². The number of carbonyl (C=O) groups excluding carboxylic acids is 2. The number of hydrogen-bond donors (Lipinski definition) is 1. The summed E-state index contributed by atoms with van der Waals surface area (Å²) in [6.45, 7) is 4.19. The topological polar surface area (TPSA) is 89.0 Å². The number of Topliss-reactive ketones (excluding diaryl/α,β-unsaturated/α-hetero) is 1. The van der Waals surface area contributed by atoms with Gasteiger partial charge < -0.3 is 14.6 Å². The van der Waals surface area contributed by atoms with E-state index in [9.17, 15) is 14.7 Å². The molecule has 1 aliphatic heterocycles. The van der Waals surface area contributed by atoms with E-state index in [1.807, 2.05) is 36.4 Å². The van der Waals surface area contributed by atoms with Crippen molar-refractivity contribution >= 4 is 44.1 Å². The fraction of sp³-hybridized carbons (Fsp3) is 0.207. The van der Waals surface area contributed by atoms with Gasteiger partial charge in [-0.05, 0) is 47.4 Å². The molecule has 1 saturated heterocycles. The first-order valence-electron chi connectivity index (χ1n) is 11.8. The summed E-state index contributed by atoms with van der Waals surface area (Å²) in [6.07, 6.45) is 0. The van der Waals surface area contributed by atoms with Gasteiger partial charge in [-0.3, -0.25) is 14.5 Å². The van der Waals surface area contributed by atoms with Crippen LogP contribution >= 0.6 is 11.3 Å². The highest BCUT2D eigenvalue weighted by Crippen LogP contribution is 2.45. The number of thiazole rings is 1. The molecule has 1 amide bonds. The Kier molecular flexibility index (Phi) is 6.43. The van der Waals surface area contributed by atoms with Crippen LogP contribution in [0, 0.1) is 0 Å². The molecular formula is C29H26N2O5S. The first-order valence-corrected chi connectivity index (χ1v) is 12.6. The van der Waals surface area contributed by atoms with Crippen molar-refractivity contribution in [3.05, 3.63) is 89.0 Å². The number of fused-ring (bicyclic) bond motifs is 1. The normalized spacial score (nSPS) is 17.1. The molecule has 3 aromatic carbocycles. The Morgan fingerprint density at radius 2 is 1.68 bits per heavy atom. The van der Waals surface area contributed by atoms with Crippen LogP contribution in [0.5, 0.6) is 11.5 Å². The maximum Gasteiger partial charge on any atom is 0.301 e. The van der Waals surface area contributed by atoms with Crippen molar-refractivity contribution in [1.29, 1.82) is 0 Å². The lowest BCUT2D eigenvalue weighted by Gasteiger charge is -2.23. The predicted molar refractivity (Wildman–Crippen MR) is 144 cm³/mol. The molecule has 4 aromatic rings. The molecule has 37 heavy (non-hydrogen) atoms. The van der Waals surface area contributed by atoms with Crippen molar-refractivity contribution in [3.63, 3.8) is 0 Å². The summed E-state index contributed by atoms with van der Waals surface area (Å²) in [4.78, 5) is 33.0. The number of ketones is 1. The van der Waals surface area contributed by atoms with Crippen LogP contribution in [0.1, 0.15) is 42.5 Å².